The number of rotatable bonds is 5. The monoisotopic (exact) mass is 474 g/mol. The Bertz CT molecular complexity index is 813. The minimum atomic E-state index is 0. The summed E-state index contributed by atoms with van der Waals surface area (Å²) in [5.74, 6) is 1.39. The number of fused-ring (bicyclic) bond motifs is 1. The van der Waals surface area contributed by atoms with Crippen molar-refractivity contribution in [1.82, 2.24) is 9.27 Å². The second kappa shape index (κ2) is 11.5. The summed E-state index contributed by atoms with van der Waals surface area (Å²) in [5, 5.41) is 1.21. The van der Waals surface area contributed by atoms with Gasteiger partial charge in [0.05, 0.1) is 10.8 Å². The lowest BCUT2D eigenvalue weighted by Crippen LogP contribution is -2.52. The van der Waals surface area contributed by atoms with Crippen molar-refractivity contribution < 1.29 is 9.53 Å². The van der Waals surface area contributed by atoms with Crippen LogP contribution in [0.1, 0.15) is 32.6 Å². The average molecular weight is 475 g/mol. The van der Waals surface area contributed by atoms with Gasteiger partial charge in [-0.2, -0.15) is 4.37 Å². The molecular formula is C21H32Cl2N4O2S. The molecule has 9 heteroatoms. The van der Waals surface area contributed by atoms with E-state index in [9.17, 15) is 4.79 Å². The van der Waals surface area contributed by atoms with Crippen LogP contribution in [0, 0.1) is 5.92 Å². The molecule has 1 aromatic carbocycles. The van der Waals surface area contributed by atoms with E-state index in [0.29, 0.717) is 0 Å². The van der Waals surface area contributed by atoms with Crippen LogP contribution in [0.25, 0.3) is 10.1 Å². The van der Waals surface area contributed by atoms with E-state index in [1.54, 1.807) is 11.5 Å². The largest absolute Gasteiger partial charge is 0.377 e. The molecule has 2 aromatic rings. The molecule has 1 saturated heterocycles. The summed E-state index contributed by atoms with van der Waals surface area (Å²) in [4.78, 5) is 17.4. The van der Waals surface area contributed by atoms with Crippen molar-refractivity contribution >= 4 is 58.2 Å². The minimum Gasteiger partial charge on any atom is -0.377 e. The van der Waals surface area contributed by atoms with Gasteiger partial charge in [0, 0.05) is 50.1 Å². The van der Waals surface area contributed by atoms with Crippen LogP contribution in [-0.2, 0) is 9.53 Å². The molecular weight excluding hydrogens is 443 g/mol. The van der Waals surface area contributed by atoms with Crippen molar-refractivity contribution in [2.45, 2.75) is 44.8 Å². The predicted octanol–water partition coefficient (Wildman–Crippen LogP) is 3.71. The van der Waals surface area contributed by atoms with Gasteiger partial charge in [0.1, 0.15) is 5.82 Å². The van der Waals surface area contributed by atoms with Crippen LogP contribution in [0.15, 0.2) is 24.3 Å². The zero-order chi connectivity index (χ0) is 19.5. The number of carbonyl (C=O) groups is 1. The van der Waals surface area contributed by atoms with Crippen LogP contribution in [0.3, 0.4) is 0 Å². The van der Waals surface area contributed by atoms with Gasteiger partial charge in [-0.1, -0.05) is 19.1 Å². The molecule has 0 bridgehead atoms. The smallest absolute Gasteiger partial charge is 0.225 e. The first-order chi connectivity index (χ1) is 13.7. The van der Waals surface area contributed by atoms with E-state index in [-0.39, 0.29) is 48.8 Å². The molecule has 1 aliphatic heterocycles. The number of piperazine rings is 1. The first kappa shape index (κ1) is 25.1. The Labute approximate surface area is 195 Å². The van der Waals surface area contributed by atoms with Crippen LogP contribution >= 0.6 is 36.3 Å². The molecule has 1 amide bonds. The fourth-order valence-electron chi connectivity index (χ4n) is 4.34. The van der Waals surface area contributed by atoms with E-state index in [4.69, 9.17) is 10.5 Å². The van der Waals surface area contributed by atoms with Crippen molar-refractivity contribution in [2.75, 3.05) is 37.7 Å². The van der Waals surface area contributed by atoms with Crippen molar-refractivity contribution in [2.24, 2.45) is 11.7 Å². The van der Waals surface area contributed by atoms with Crippen LogP contribution < -0.4 is 10.6 Å². The third-order valence-electron chi connectivity index (χ3n) is 5.98. The maximum atomic E-state index is 13.1. The van der Waals surface area contributed by atoms with Crippen molar-refractivity contribution in [3.05, 3.63) is 24.3 Å². The Morgan fingerprint density at radius 2 is 1.93 bits per heavy atom. The van der Waals surface area contributed by atoms with Crippen LogP contribution in [0.5, 0.6) is 0 Å². The topological polar surface area (TPSA) is 71.7 Å². The standard InChI is InChI=1S/C21H30N4O2S.2ClH/c1-2-13-27-18-14-15(7-8-17(18)22)21(26)25-11-9-24(10-12-25)20-16-5-3-4-6-19(16)28-23-20;;/h3-6,15,17-18H,2,7-14,22H2,1H3;2*1H/t15-,17-,18-;;/m0../s1. The highest BCUT2D eigenvalue weighted by Gasteiger charge is 2.35. The van der Waals surface area contributed by atoms with Gasteiger partial charge >= 0.3 is 0 Å². The van der Waals surface area contributed by atoms with Crippen LogP contribution in [-0.4, -0.2) is 60.1 Å². The number of carbonyl (C=O) groups excluding carboxylic acids is 1. The summed E-state index contributed by atoms with van der Waals surface area (Å²) in [7, 11) is 0. The minimum absolute atomic E-state index is 0. The molecule has 2 heterocycles. The normalized spacial score (nSPS) is 24.3. The molecule has 0 unspecified atom stereocenters. The third-order valence-corrected chi connectivity index (χ3v) is 6.79. The molecule has 3 atom stereocenters. The molecule has 1 saturated carbocycles. The maximum absolute atomic E-state index is 13.1. The van der Waals surface area contributed by atoms with E-state index in [0.717, 1.165) is 64.3 Å². The molecule has 2 N–H and O–H groups in total. The lowest BCUT2D eigenvalue weighted by atomic mass is 9.83. The number of amides is 1. The first-order valence-corrected chi connectivity index (χ1v) is 11.2. The van der Waals surface area contributed by atoms with Gasteiger partial charge in [0.25, 0.3) is 0 Å². The molecule has 30 heavy (non-hydrogen) atoms. The number of halogens is 2. The molecule has 2 fully saturated rings. The Morgan fingerprint density at radius 3 is 2.67 bits per heavy atom. The van der Waals surface area contributed by atoms with E-state index in [1.807, 2.05) is 4.90 Å². The highest BCUT2D eigenvalue weighted by molar-refractivity contribution is 7.13. The fraction of sp³-hybridized carbons (Fsp3) is 0.619. The van der Waals surface area contributed by atoms with E-state index in [2.05, 4.69) is 40.5 Å². The molecule has 1 aliphatic carbocycles. The average Bonchev–Trinajstić information content (AvgIpc) is 3.17. The number of hydrogen-bond donors (Lipinski definition) is 1. The molecule has 168 valence electrons. The SMILES string of the molecule is CCCO[C@H]1C[C@@H](C(=O)N2CCN(c3nsc4ccccc34)CC2)CC[C@@H]1N.Cl.Cl. The van der Waals surface area contributed by atoms with E-state index >= 15 is 0 Å². The summed E-state index contributed by atoms with van der Waals surface area (Å²) in [6.45, 7) is 6.01. The summed E-state index contributed by atoms with van der Waals surface area (Å²) < 4.78 is 11.8. The molecule has 1 aromatic heterocycles. The number of nitrogens with two attached hydrogens (primary N) is 1. The van der Waals surface area contributed by atoms with Crippen molar-refractivity contribution in [3.8, 4) is 0 Å². The van der Waals surface area contributed by atoms with E-state index < -0.39 is 0 Å². The number of aromatic nitrogens is 1. The summed E-state index contributed by atoms with van der Waals surface area (Å²) in [6, 6.07) is 8.42. The van der Waals surface area contributed by atoms with Gasteiger partial charge in [0.2, 0.25) is 5.91 Å². The predicted molar refractivity (Wildman–Crippen MR) is 128 cm³/mol. The van der Waals surface area contributed by atoms with Gasteiger partial charge in [-0.15, -0.1) is 24.8 Å². The second-order valence-electron chi connectivity index (χ2n) is 7.90. The molecule has 2 aliphatic rings. The Hall–Kier alpha value is -1.12. The number of anilines is 1. The van der Waals surface area contributed by atoms with Crippen LogP contribution in [0.2, 0.25) is 0 Å². The lowest BCUT2D eigenvalue weighted by molar-refractivity contribution is -0.139. The molecule has 0 spiro atoms. The summed E-state index contributed by atoms with van der Waals surface area (Å²) in [6.07, 6.45) is 3.51. The van der Waals surface area contributed by atoms with Gasteiger partial charge in [-0.25, -0.2) is 0 Å². The fourth-order valence-corrected chi connectivity index (χ4v) is 5.13. The van der Waals surface area contributed by atoms with Crippen molar-refractivity contribution in [3.63, 3.8) is 0 Å². The number of nitrogens with zero attached hydrogens (tertiary/aromatic N) is 3. The quantitative estimate of drug-likeness (QED) is 0.714. The summed E-state index contributed by atoms with van der Waals surface area (Å²) in [5.41, 5.74) is 6.22. The van der Waals surface area contributed by atoms with Gasteiger partial charge in [-0.3, -0.25) is 4.79 Å². The Balaban J connectivity index is 0.00000160. The lowest BCUT2D eigenvalue weighted by Gasteiger charge is -2.39. The van der Waals surface area contributed by atoms with Gasteiger partial charge in [-0.05, 0) is 49.3 Å². The highest BCUT2D eigenvalue weighted by Crippen LogP contribution is 2.31. The highest BCUT2D eigenvalue weighted by atomic mass is 35.5. The number of ether oxygens (including phenoxy) is 1. The molecule has 0 radical (unpaired) electrons. The zero-order valence-corrected chi connectivity index (χ0v) is 19.8. The Kier molecular flexibility index (Phi) is 9.63. The van der Waals surface area contributed by atoms with Gasteiger partial charge < -0.3 is 20.3 Å². The van der Waals surface area contributed by atoms with Crippen molar-refractivity contribution in [1.29, 1.82) is 0 Å². The van der Waals surface area contributed by atoms with Gasteiger partial charge in [0.15, 0.2) is 0 Å². The molecule has 6 nitrogen and oxygen atoms in total. The number of hydrogen-bond acceptors (Lipinski definition) is 6. The second-order valence-corrected chi connectivity index (χ2v) is 8.70. The number of benzene rings is 1. The van der Waals surface area contributed by atoms with E-state index in [1.165, 1.54) is 10.1 Å². The maximum Gasteiger partial charge on any atom is 0.225 e. The zero-order valence-electron chi connectivity index (χ0n) is 17.4. The molecule has 4 rings (SSSR count). The first-order valence-electron chi connectivity index (χ1n) is 10.4. The Morgan fingerprint density at radius 1 is 1.20 bits per heavy atom. The summed E-state index contributed by atoms with van der Waals surface area (Å²) >= 11 is 1.55. The van der Waals surface area contributed by atoms with Crippen LogP contribution in [0.4, 0.5) is 5.82 Å². The third kappa shape index (κ3) is 5.37.